The molecule has 0 radical (unpaired) electrons. The zero-order valence-corrected chi connectivity index (χ0v) is 20.6. The van der Waals surface area contributed by atoms with Crippen LogP contribution in [0.15, 0.2) is 10.6 Å². The predicted octanol–water partition coefficient (Wildman–Crippen LogP) is 0.746. The lowest BCUT2D eigenvalue weighted by atomic mass is 9.98. The average molecular weight is 538 g/mol. The van der Waals surface area contributed by atoms with E-state index in [1.807, 2.05) is 13.8 Å². The maximum absolute atomic E-state index is 13.2. The molecule has 2 aliphatic heterocycles. The van der Waals surface area contributed by atoms with E-state index >= 15 is 0 Å². The van der Waals surface area contributed by atoms with Gasteiger partial charge in [0.1, 0.15) is 6.61 Å². The quantitative estimate of drug-likeness (QED) is 0.323. The zero-order chi connectivity index (χ0) is 24.6. The lowest BCUT2D eigenvalue weighted by molar-refractivity contribution is -0.227. The van der Waals surface area contributed by atoms with E-state index in [1.165, 1.54) is 7.11 Å². The van der Waals surface area contributed by atoms with E-state index in [4.69, 9.17) is 28.8 Å². The number of carbonyl (C=O) groups is 3. The summed E-state index contributed by atoms with van der Waals surface area (Å²) < 4.78 is 26.6. The number of halogens is 1. The van der Waals surface area contributed by atoms with Gasteiger partial charge < -0.3 is 33.9 Å². The SMILES string of the molecule is CO[C@@H](C(=O)N1C(=O)OC[C@H]1C(C)C)[C@@H]1O[C@@](O)(CCCOCCOCCO)C(Br)=CC1=O. The van der Waals surface area contributed by atoms with Crippen molar-refractivity contribution in [3.05, 3.63) is 10.6 Å². The van der Waals surface area contributed by atoms with Gasteiger partial charge in [0.25, 0.3) is 5.91 Å². The molecule has 12 heteroatoms. The molecule has 0 aromatic heterocycles. The standard InChI is InChI=1S/C21H32BrNO10/c1-13(2)14-12-32-20(27)23(14)19(26)18(29-3)17-15(25)11-16(22)21(28,33-17)5-4-7-30-9-10-31-8-6-24/h11,13-14,17-18,24,28H,4-10,12H2,1-3H3/t14-,17+,18+,21-/m0/s1. The second kappa shape index (κ2) is 12.9. The van der Waals surface area contributed by atoms with Crippen LogP contribution in [0.1, 0.15) is 26.7 Å². The van der Waals surface area contributed by atoms with Crippen molar-refractivity contribution in [2.45, 2.75) is 50.7 Å². The summed E-state index contributed by atoms with van der Waals surface area (Å²) in [6.45, 7) is 4.85. The van der Waals surface area contributed by atoms with E-state index in [2.05, 4.69) is 15.9 Å². The number of rotatable bonds is 13. The lowest BCUT2D eigenvalue weighted by Gasteiger charge is -2.38. The molecular formula is C21H32BrNO10. The van der Waals surface area contributed by atoms with Gasteiger partial charge in [-0.2, -0.15) is 0 Å². The summed E-state index contributed by atoms with van der Waals surface area (Å²) in [7, 11) is 1.23. The highest BCUT2D eigenvalue weighted by Gasteiger charge is 2.50. The first-order valence-electron chi connectivity index (χ1n) is 10.8. The Morgan fingerprint density at radius 3 is 2.55 bits per heavy atom. The summed E-state index contributed by atoms with van der Waals surface area (Å²) >= 11 is 3.17. The Morgan fingerprint density at radius 2 is 1.94 bits per heavy atom. The second-order valence-corrected chi connectivity index (χ2v) is 8.88. The number of imide groups is 1. The number of ketones is 1. The van der Waals surface area contributed by atoms with Crippen molar-refractivity contribution in [2.24, 2.45) is 5.92 Å². The molecule has 0 aromatic carbocycles. The lowest BCUT2D eigenvalue weighted by Crippen LogP contribution is -2.57. The van der Waals surface area contributed by atoms with Gasteiger partial charge in [0, 0.05) is 20.1 Å². The molecule has 188 valence electrons. The van der Waals surface area contributed by atoms with Gasteiger partial charge in [-0.15, -0.1) is 0 Å². The maximum atomic E-state index is 13.2. The third-order valence-corrected chi connectivity index (χ3v) is 6.19. The van der Waals surface area contributed by atoms with Gasteiger partial charge >= 0.3 is 6.09 Å². The fraction of sp³-hybridized carbons (Fsp3) is 0.762. The maximum Gasteiger partial charge on any atom is 0.417 e. The first kappa shape index (κ1) is 27.8. The molecule has 1 saturated heterocycles. The summed E-state index contributed by atoms with van der Waals surface area (Å²) in [5, 5.41) is 19.7. The summed E-state index contributed by atoms with van der Waals surface area (Å²) in [5.74, 6) is -3.30. The molecule has 33 heavy (non-hydrogen) atoms. The van der Waals surface area contributed by atoms with E-state index in [-0.39, 0.29) is 43.2 Å². The molecule has 11 nitrogen and oxygen atoms in total. The topological polar surface area (TPSA) is 141 Å². The molecule has 0 aliphatic carbocycles. The Hall–Kier alpha value is -1.41. The van der Waals surface area contributed by atoms with Crippen molar-refractivity contribution in [3.8, 4) is 0 Å². The number of aliphatic hydroxyl groups is 2. The molecule has 2 N–H and O–H groups in total. The molecule has 0 spiro atoms. The van der Waals surface area contributed by atoms with Gasteiger partial charge in [-0.3, -0.25) is 9.59 Å². The minimum atomic E-state index is -1.88. The highest BCUT2D eigenvalue weighted by Crippen LogP contribution is 2.36. The molecule has 4 atom stereocenters. The van der Waals surface area contributed by atoms with Crippen LogP contribution in [-0.4, -0.2) is 104 Å². The molecule has 2 heterocycles. The minimum absolute atomic E-state index is 0.0541. The minimum Gasteiger partial charge on any atom is -0.447 e. The van der Waals surface area contributed by atoms with Crippen molar-refractivity contribution in [1.29, 1.82) is 0 Å². The van der Waals surface area contributed by atoms with Crippen LogP contribution in [0, 0.1) is 5.92 Å². The number of hydrogen-bond donors (Lipinski definition) is 2. The smallest absolute Gasteiger partial charge is 0.417 e. The molecule has 0 unspecified atom stereocenters. The Morgan fingerprint density at radius 1 is 1.27 bits per heavy atom. The summed E-state index contributed by atoms with van der Waals surface area (Å²) in [5.41, 5.74) is 0. The van der Waals surface area contributed by atoms with Crippen molar-refractivity contribution in [1.82, 2.24) is 4.90 Å². The molecule has 0 aromatic rings. The highest BCUT2D eigenvalue weighted by atomic mass is 79.9. The van der Waals surface area contributed by atoms with Crippen molar-refractivity contribution >= 4 is 33.7 Å². The van der Waals surface area contributed by atoms with Crippen molar-refractivity contribution in [3.63, 3.8) is 0 Å². The average Bonchev–Trinajstić information content (AvgIpc) is 3.16. The number of cyclic esters (lactones) is 1. The van der Waals surface area contributed by atoms with Crippen LogP contribution in [0.5, 0.6) is 0 Å². The molecule has 2 rings (SSSR count). The summed E-state index contributed by atoms with van der Waals surface area (Å²) in [6.07, 6.45) is -2.12. The molecular weight excluding hydrogens is 506 g/mol. The Balaban J connectivity index is 2.03. The van der Waals surface area contributed by atoms with Gasteiger partial charge in [-0.05, 0) is 34.3 Å². The fourth-order valence-corrected chi connectivity index (χ4v) is 4.02. The molecule has 2 aliphatic rings. The number of amides is 2. The Kier molecular flexibility index (Phi) is 10.9. The van der Waals surface area contributed by atoms with E-state index in [0.717, 1.165) is 11.0 Å². The van der Waals surface area contributed by atoms with Crippen LogP contribution in [0.25, 0.3) is 0 Å². The molecule has 0 saturated carbocycles. The number of ether oxygens (including phenoxy) is 5. The van der Waals surface area contributed by atoms with Crippen LogP contribution >= 0.6 is 15.9 Å². The largest absolute Gasteiger partial charge is 0.447 e. The monoisotopic (exact) mass is 537 g/mol. The van der Waals surface area contributed by atoms with E-state index in [1.54, 1.807) is 0 Å². The number of carbonyl (C=O) groups excluding carboxylic acids is 3. The number of hydrogen-bond acceptors (Lipinski definition) is 10. The van der Waals surface area contributed by atoms with E-state index < -0.39 is 41.8 Å². The van der Waals surface area contributed by atoms with E-state index in [0.29, 0.717) is 19.6 Å². The van der Waals surface area contributed by atoms with Gasteiger partial charge in [0.2, 0.25) is 0 Å². The van der Waals surface area contributed by atoms with Crippen LogP contribution in [0.3, 0.4) is 0 Å². The van der Waals surface area contributed by atoms with Crippen LogP contribution < -0.4 is 0 Å². The molecule has 1 fully saturated rings. The Bertz CT molecular complexity index is 730. The number of nitrogens with zero attached hydrogens (tertiary/aromatic N) is 1. The van der Waals surface area contributed by atoms with Crippen LogP contribution in [0.4, 0.5) is 4.79 Å². The van der Waals surface area contributed by atoms with Gasteiger partial charge in [-0.25, -0.2) is 9.69 Å². The third kappa shape index (κ3) is 7.04. The third-order valence-electron chi connectivity index (χ3n) is 5.34. The highest BCUT2D eigenvalue weighted by molar-refractivity contribution is 9.11. The van der Waals surface area contributed by atoms with Crippen molar-refractivity contribution in [2.75, 3.05) is 46.8 Å². The van der Waals surface area contributed by atoms with Crippen LogP contribution in [0.2, 0.25) is 0 Å². The first-order chi connectivity index (χ1) is 15.7. The van der Waals surface area contributed by atoms with E-state index in [9.17, 15) is 19.5 Å². The zero-order valence-electron chi connectivity index (χ0n) is 19.0. The Labute approximate surface area is 201 Å². The van der Waals surface area contributed by atoms with Crippen LogP contribution in [-0.2, 0) is 33.3 Å². The number of aliphatic hydroxyl groups excluding tert-OH is 1. The second-order valence-electron chi connectivity index (χ2n) is 8.02. The van der Waals surface area contributed by atoms with Gasteiger partial charge in [-0.1, -0.05) is 13.8 Å². The van der Waals surface area contributed by atoms with Crippen molar-refractivity contribution < 1.29 is 48.3 Å². The summed E-state index contributed by atoms with van der Waals surface area (Å²) in [4.78, 5) is 38.9. The summed E-state index contributed by atoms with van der Waals surface area (Å²) in [6, 6.07) is -0.499. The molecule has 2 amide bonds. The normalized spacial score (nSPS) is 26.5. The number of methoxy groups -OCH3 is 1. The predicted molar refractivity (Wildman–Crippen MR) is 117 cm³/mol. The van der Waals surface area contributed by atoms with Gasteiger partial charge in [0.15, 0.2) is 23.8 Å². The fourth-order valence-electron chi connectivity index (χ4n) is 3.51. The van der Waals surface area contributed by atoms with Gasteiger partial charge in [0.05, 0.1) is 37.0 Å². The molecule has 0 bridgehead atoms. The first-order valence-corrected chi connectivity index (χ1v) is 11.6.